The summed E-state index contributed by atoms with van der Waals surface area (Å²) in [5.74, 6) is -0.526. The molecule has 18 heavy (non-hydrogen) atoms. The van der Waals surface area contributed by atoms with Crippen LogP contribution in [0.4, 0.5) is 0 Å². The van der Waals surface area contributed by atoms with Crippen LogP contribution in [-0.4, -0.2) is 18.2 Å². The van der Waals surface area contributed by atoms with Crippen LogP contribution in [0.25, 0.3) is 5.57 Å². The van der Waals surface area contributed by atoms with E-state index in [9.17, 15) is 9.59 Å². The van der Waals surface area contributed by atoms with E-state index >= 15 is 0 Å². The molecule has 0 heterocycles. The number of hydrogen-bond donors (Lipinski definition) is 1. The van der Waals surface area contributed by atoms with E-state index in [2.05, 4.69) is 11.9 Å². The number of nitrogens with one attached hydrogen (secondary N) is 1. The first-order valence-electron chi connectivity index (χ1n) is 5.99. The maximum atomic E-state index is 12.2. The van der Waals surface area contributed by atoms with Crippen LogP contribution >= 0.6 is 0 Å². The van der Waals surface area contributed by atoms with Crippen molar-refractivity contribution in [3.8, 4) is 0 Å². The quantitative estimate of drug-likeness (QED) is 0.822. The summed E-state index contributed by atoms with van der Waals surface area (Å²) in [5, 5.41) is 2.74. The molecule has 0 spiro atoms. The van der Waals surface area contributed by atoms with Crippen molar-refractivity contribution in [2.24, 2.45) is 0 Å². The van der Waals surface area contributed by atoms with Crippen molar-refractivity contribution in [3.63, 3.8) is 0 Å². The summed E-state index contributed by atoms with van der Waals surface area (Å²) in [5.41, 5.74) is 2.21. The van der Waals surface area contributed by atoms with E-state index < -0.39 is 0 Å². The van der Waals surface area contributed by atoms with Crippen molar-refractivity contribution in [1.82, 2.24) is 5.32 Å². The lowest BCUT2D eigenvalue weighted by molar-refractivity contribution is -0.117. The van der Waals surface area contributed by atoms with Gasteiger partial charge in [-0.05, 0) is 17.6 Å². The Morgan fingerprint density at radius 2 is 2.00 bits per heavy atom. The molecule has 1 amide bonds. The molecular weight excluding hydrogens is 226 g/mol. The molecule has 1 N–H and O–H groups in total. The molecule has 1 aromatic rings. The summed E-state index contributed by atoms with van der Waals surface area (Å²) in [6.45, 7) is 6.23. The first-order chi connectivity index (χ1) is 8.70. The van der Waals surface area contributed by atoms with Gasteiger partial charge >= 0.3 is 0 Å². The number of fused-ring (bicyclic) bond motifs is 1. The minimum Gasteiger partial charge on any atom is -0.352 e. The Hall–Kier alpha value is -2.16. The molecular formula is C15H15NO2. The van der Waals surface area contributed by atoms with Gasteiger partial charge in [-0.15, -0.1) is 0 Å². The van der Waals surface area contributed by atoms with Gasteiger partial charge in [-0.2, -0.15) is 0 Å². The largest absolute Gasteiger partial charge is 0.352 e. The van der Waals surface area contributed by atoms with Gasteiger partial charge in [0.15, 0.2) is 5.78 Å². The summed E-state index contributed by atoms with van der Waals surface area (Å²) in [4.78, 5) is 24.2. The summed E-state index contributed by atoms with van der Waals surface area (Å²) < 4.78 is 0. The van der Waals surface area contributed by atoms with Gasteiger partial charge in [-0.1, -0.05) is 43.8 Å². The minimum absolute atomic E-state index is 0.208. The first-order valence-corrected chi connectivity index (χ1v) is 5.99. The zero-order valence-electron chi connectivity index (χ0n) is 10.3. The van der Waals surface area contributed by atoms with Gasteiger partial charge in [-0.3, -0.25) is 9.59 Å². The van der Waals surface area contributed by atoms with Crippen molar-refractivity contribution in [3.05, 3.63) is 53.6 Å². The fourth-order valence-corrected chi connectivity index (χ4v) is 2.07. The number of carbonyl (C=O) groups is 2. The lowest BCUT2D eigenvalue weighted by Crippen LogP contribution is -2.28. The maximum absolute atomic E-state index is 12.2. The van der Waals surface area contributed by atoms with Crippen molar-refractivity contribution in [1.29, 1.82) is 0 Å². The third-order valence-corrected chi connectivity index (χ3v) is 2.93. The third kappa shape index (κ3) is 1.88. The van der Waals surface area contributed by atoms with Crippen LogP contribution in [0.2, 0.25) is 0 Å². The number of benzene rings is 1. The van der Waals surface area contributed by atoms with E-state index in [4.69, 9.17) is 0 Å². The molecule has 2 rings (SSSR count). The molecule has 0 radical (unpaired) electrons. The topological polar surface area (TPSA) is 46.2 Å². The van der Waals surface area contributed by atoms with E-state index in [0.717, 1.165) is 12.0 Å². The van der Waals surface area contributed by atoms with Crippen molar-refractivity contribution < 1.29 is 9.59 Å². The number of hydrogen-bond acceptors (Lipinski definition) is 2. The summed E-state index contributed by atoms with van der Waals surface area (Å²) >= 11 is 0. The third-order valence-electron chi connectivity index (χ3n) is 2.93. The smallest absolute Gasteiger partial charge is 0.255 e. The first kappa shape index (κ1) is 12.3. The molecule has 0 atom stereocenters. The average Bonchev–Trinajstić information content (AvgIpc) is 2.69. The molecule has 3 heteroatoms. The monoisotopic (exact) mass is 241 g/mol. The van der Waals surface area contributed by atoms with Crippen LogP contribution < -0.4 is 5.32 Å². The second kappa shape index (κ2) is 5.00. The lowest BCUT2D eigenvalue weighted by atomic mass is 10.1. The van der Waals surface area contributed by atoms with Gasteiger partial charge in [0.25, 0.3) is 5.91 Å². The Bertz CT molecular complexity index is 555. The molecule has 0 saturated heterocycles. The normalized spacial score (nSPS) is 13.5. The molecule has 1 aliphatic rings. The molecule has 92 valence electrons. The molecule has 0 saturated carbocycles. The Kier molecular flexibility index (Phi) is 3.42. The molecule has 0 aromatic heterocycles. The molecule has 3 nitrogen and oxygen atoms in total. The molecule has 1 aliphatic carbocycles. The van der Waals surface area contributed by atoms with Crippen LogP contribution in [0.5, 0.6) is 0 Å². The van der Waals surface area contributed by atoms with Gasteiger partial charge in [0.2, 0.25) is 0 Å². The lowest BCUT2D eigenvalue weighted by Gasteiger charge is -2.04. The highest BCUT2D eigenvalue weighted by Gasteiger charge is 2.31. The molecule has 0 fully saturated rings. The van der Waals surface area contributed by atoms with E-state index in [0.29, 0.717) is 17.7 Å². The minimum atomic E-state index is -0.312. The summed E-state index contributed by atoms with van der Waals surface area (Å²) in [6.07, 6.45) is 2.41. The molecule has 1 aromatic carbocycles. The highest BCUT2D eigenvalue weighted by Crippen LogP contribution is 2.33. The summed E-state index contributed by atoms with van der Waals surface area (Å²) in [7, 11) is 0. The number of ketones is 1. The van der Waals surface area contributed by atoms with Crippen LogP contribution in [0, 0.1) is 0 Å². The second-order valence-electron chi connectivity index (χ2n) is 4.12. The van der Waals surface area contributed by atoms with Crippen molar-refractivity contribution >= 4 is 17.3 Å². The SMILES string of the molecule is C=CC1=C(C(=O)NCCC)C(=O)c2ccccc21. The van der Waals surface area contributed by atoms with Crippen LogP contribution in [0.3, 0.4) is 0 Å². The van der Waals surface area contributed by atoms with Crippen LogP contribution in [-0.2, 0) is 4.79 Å². The van der Waals surface area contributed by atoms with Gasteiger partial charge in [-0.25, -0.2) is 0 Å². The Labute approximate surface area is 106 Å². The zero-order valence-corrected chi connectivity index (χ0v) is 10.3. The van der Waals surface area contributed by atoms with Crippen molar-refractivity contribution in [2.45, 2.75) is 13.3 Å². The van der Waals surface area contributed by atoms with Gasteiger partial charge in [0, 0.05) is 12.1 Å². The number of carbonyl (C=O) groups excluding carboxylic acids is 2. The standard InChI is InChI=1S/C15H15NO2/c1-3-9-16-15(18)13-10(4-2)11-7-5-6-8-12(11)14(13)17/h4-8H,2-3,9H2,1H3,(H,16,18). The predicted octanol–water partition coefficient (Wildman–Crippen LogP) is 2.35. The number of rotatable bonds is 4. The number of allylic oxidation sites excluding steroid dienone is 2. The fraction of sp³-hybridized carbons (Fsp3) is 0.200. The maximum Gasteiger partial charge on any atom is 0.255 e. The molecule has 0 aliphatic heterocycles. The van der Waals surface area contributed by atoms with E-state index in [-0.39, 0.29) is 17.3 Å². The van der Waals surface area contributed by atoms with E-state index in [1.807, 2.05) is 19.1 Å². The van der Waals surface area contributed by atoms with Gasteiger partial charge < -0.3 is 5.32 Å². The second-order valence-corrected chi connectivity index (χ2v) is 4.12. The zero-order chi connectivity index (χ0) is 13.1. The van der Waals surface area contributed by atoms with E-state index in [1.54, 1.807) is 18.2 Å². The van der Waals surface area contributed by atoms with Gasteiger partial charge in [0.1, 0.15) is 0 Å². The molecule has 0 unspecified atom stereocenters. The van der Waals surface area contributed by atoms with Crippen LogP contribution in [0.15, 0.2) is 42.5 Å². The number of amides is 1. The fourth-order valence-electron chi connectivity index (χ4n) is 2.07. The molecule has 0 bridgehead atoms. The van der Waals surface area contributed by atoms with Crippen molar-refractivity contribution in [2.75, 3.05) is 6.54 Å². The van der Waals surface area contributed by atoms with Crippen LogP contribution in [0.1, 0.15) is 29.3 Å². The number of Topliss-reactive ketones (excluding diaryl/α,β-unsaturated/α-hetero) is 1. The Morgan fingerprint density at radius 3 is 2.61 bits per heavy atom. The van der Waals surface area contributed by atoms with Gasteiger partial charge in [0.05, 0.1) is 5.57 Å². The Balaban J connectivity index is 2.44. The predicted molar refractivity (Wildman–Crippen MR) is 71.2 cm³/mol. The highest BCUT2D eigenvalue weighted by atomic mass is 16.2. The highest BCUT2D eigenvalue weighted by molar-refractivity contribution is 6.35. The average molecular weight is 241 g/mol. The Morgan fingerprint density at radius 1 is 1.33 bits per heavy atom. The van der Waals surface area contributed by atoms with E-state index in [1.165, 1.54) is 0 Å². The summed E-state index contributed by atoms with van der Waals surface area (Å²) in [6, 6.07) is 7.22.